The zero-order valence-corrected chi connectivity index (χ0v) is 14.8. The van der Waals surface area contributed by atoms with Crippen molar-refractivity contribution in [2.24, 2.45) is 5.92 Å². The highest BCUT2D eigenvalue weighted by Crippen LogP contribution is 2.60. The summed E-state index contributed by atoms with van der Waals surface area (Å²) in [6, 6.07) is 6.26. The van der Waals surface area contributed by atoms with Crippen LogP contribution in [0.5, 0.6) is 5.75 Å². The van der Waals surface area contributed by atoms with Crippen molar-refractivity contribution in [1.82, 2.24) is 0 Å². The number of aromatic hydroxyl groups is 1. The molecule has 24 heavy (non-hydrogen) atoms. The summed E-state index contributed by atoms with van der Waals surface area (Å²) in [6.07, 6.45) is 9.17. The molecule has 0 radical (unpaired) electrons. The summed E-state index contributed by atoms with van der Waals surface area (Å²) in [5.41, 5.74) is 1.93. The van der Waals surface area contributed by atoms with Gasteiger partial charge >= 0.3 is 0 Å². The number of quaternary nitrogens is 1. The molecule has 0 spiro atoms. The first-order valence-corrected chi connectivity index (χ1v) is 9.86. The molecule has 1 saturated heterocycles. The van der Waals surface area contributed by atoms with Crippen LogP contribution < -0.4 is 0 Å². The fourth-order valence-corrected chi connectivity index (χ4v) is 6.62. The average Bonchev–Trinajstić information content (AvgIpc) is 3.35. The van der Waals surface area contributed by atoms with Gasteiger partial charge in [0.1, 0.15) is 17.4 Å². The molecule has 3 nitrogen and oxygen atoms in total. The zero-order valence-electron chi connectivity index (χ0n) is 14.8. The van der Waals surface area contributed by atoms with Gasteiger partial charge in [-0.15, -0.1) is 0 Å². The van der Waals surface area contributed by atoms with E-state index in [9.17, 15) is 10.2 Å². The molecule has 1 heterocycles. The Kier molecular flexibility index (Phi) is 3.02. The number of benzene rings is 1. The Bertz CT molecular complexity index is 684. The van der Waals surface area contributed by atoms with Gasteiger partial charge in [0.15, 0.2) is 0 Å². The second-order valence-corrected chi connectivity index (χ2v) is 9.35. The van der Waals surface area contributed by atoms with Gasteiger partial charge in [-0.3, -0.25) is 0 Å². The van der Waals surface area contributed by atoms with E-state index >= 15 is 0 Å². The fourth-order valence-electron chi connectivity index (χ4n) is 6.62. The van der Waals surface area contributed by atoms with Crippen LogP contribution in [-0.4, -0.2) is 46.5 Å². The van der Waals surface area contributed by atoms with Crippen LogP contribution in [-0.2, 0) is 11.8 Å². The van der Waals surface area contributed by atoms with E-state index in [0.717, 1.165) is 42.5 Å². The lowest BCUT2D eigenvalue weighted by Gasteiger charge is -2.65. The van der Waals surface area contributed by atoms with Crippen LogP contribution in [0.4, 0.5) is 0 Å². The van der Waals surface area contributed by atoms with E-state index in [-0.39, 0.29) is 5.41 Å². The molecule has 3 fully saturated rings. The maximum atomic E-state index is 12.1. The molecule has 3 heteroatoms. The fraction of sp³-hybridized carbons (Fsp3) is 0.714. The van der Waals surface area contributed by atoms with Crippen molar-refractivity contribution in [3.63, 3.8) is 0 Å². The number of hydrogen-bond donors (Lipinski definition) is 2. The third-order valence-corrected chi connectivity index (χ3v) is 7.99. The van der Waals surface area contributed by atoms with E-state index in [1.807, 2.05) is 12.1 Å². The van der Waals surface area contributed by atoms with E-state index in [4.69, 9.17) is 0 Å². The molecule has 2 saturated carbocycles. The van der Waals surface area contributed by atoms with E-state index in [0.29, 0.717) is 11.8 Å². The highest BCUT2D eigenvalue weighted by Gasteiger charge is 2.68. The van der Waals surface area contributed by atoms with Crippen LogP contribution in [0.1, 0.15) is 56.1 Å². The van der Waals surface area contributed by atoms with Crippen LogP contribution in [0.3, 0.4) is 0 Å². The van der Waals surface area contributed by atoms with Crippen molar-refractivity contribution in [1.29, 1.82) is 0 Å². The third kappa shape index (κ3) is 1.86. The van der Waals surface area contributed by atoms with Crippen molar-refractivity contribution in [2.45, 2.75) is 68.4 Å². The molecule has 3 aliphatic carbocycles. The van der Waals surface area contributed by atoms with Gasteiger partial charge in [0.25, 0.3) is 0 Å². The quantitative estimate of drug-likeness (QED) is 0.819. The highest BCUT2D eigenvalue weighted by atomic mass is 16.3. The summed E-state index contributed by atoms with van der Waals surface area (Å²) in [6.45, 7) is 2.43. The summed E-state index contributed by atoms with van der Waals surface area (Å²) >= 11 is 0. The maximum Gasteiger partial charge on any atom is 0.126 e. The molecule has 2 unspecified atom stereocenters. The van der Waals surface area contributed by atoms with Crippen molar-refractivity contribution in [3.05, 3.63) is 29.3 Å². The molecule has 1 aromatic rings. The molecule has 0 aromatic heterocycles. The number of nitrogens with zero attached hydrogens (tertiary/aromatic N) is 1. The van der Waals surface area contributed by atoms with Crippen molar-refractivity contribution in [2.75, 3.05) is 20.1 Å². The molecular weight excluding hydrogens is 298 g/mol. The predicted molar refractivity (Wildman–Crippen MR) is 94.0 cm³/mol. The van der Waals surface area contributed by atoms with Crippen LogP contribution in [0, 0.1) is 5.92 Å². The van der Waals surface area contributed by atoms with Gasteiger partial charge < -0.3 is 14.7 Å². The molecule has 4 atom stereocenters. The monoisotopic (exact) mass is 328 g/mol. The normalized spacial score (nSPS) is 43.8. The molecule has 1 aromatic carbocycles. The zero-order chi connectivity index (χ0) is 16.6. The number of phenolic OH excluding ortho intramolecular Hbond substituents is 1. The Labute approximate surface area is 144 Å². The van der Waals surface area contributed by atoms with Gasteiger partial charge in [-0.05, 0) is 48.9 Å². The molecule has 1 aliphatic heterocycles. The Morgan fingerprint density at radius 1 is 1.17 bits per heavy atom. The molecule has 0 amide bonds. The highest BCUT2D eigenvalue weighted by molar-refractivity contribution is 5.47. The van der Waals surface area contributed by atoms with Crippen LogP contribution in [0.25, 0.3) is 0 Å². The number of fused-ring (bicyclic) bond motifs is 1. The van der Waals surface area contributed by atoms with E-state index in [1.165, 1.54) is 43.5 Å². The van der Waals surface area contributed by atoms with Crippen molar-refractivity contribution >= 4 is 0 Å². The number of piperidine rings is 1. The minimum atomic E-state index is -0.589. The minimum absolute atomic E-state index is 0.121. The summed E-state index contributed by atoms with van der Waals surface area (Å²) in [5.74, 6) is 1.24. The average molecular weight is 328 g/mol. The Morgan fingerprint density at radius 2 is 1.96 bits per heavy atom. The molecule has 130 valence electrons. The van der Waals surface area contributed by atoms with Crippen LogP contribution >= 0.6 is 0 Å². The van der Waals surface area contributed by atoms with Gasteiger partial charge in [0.05, 0.1) is 20.1 Å². The van der Waals surface area contributed by atoms with E-state index in [1.54, 1.807) is 0 Å². The Hall–Kier alpha value is -1.06. The molecule has 5 rings (SSSR count). The second-order valence-electron chi connectivity index (χ2n) is 9.35. The van der Waals surface area contributed by atoms with Gasteiger partial charge in [-0.1, -0.05) is 18.9 Å². The first-order chi connectivity index (χ1) is 11.5. The van der Waals surface area contributed by atoms with Gasteiger partial charge in [0, 0.05) is 24.2 Å². The lowest BCUT2D eigenvalue weighted by molar-refractivity contribution is -0.950. The summed E-state index contributed by atoms with van der Waals surface area (Å²) in [5, 5.41) is 22.2. The maximum absolute atomic E-state index is 12.1. The largest absolute Gasteiger partial charge is 0.508 e. The second kappa shape index (κ2) is 4.76. The van der Waals surface area contributed by atoms with Crippen molar-refractivity contribution in [3.8, 4) is 5.75 Å². The summed E-state index contributed by atoms with van der Waals surface area (Å²) in [7, 11) is 2.41. The van der Waals surface area contributed by atoms with Crippen molar-refractivity contribution < 1.29 is 14.7 Å². The molecular formula is C21H30NO2+. The third-order valence-electron chi connectivity index (χ3n) is 7.99. The number of hydrogen-bond acceptors (Lipinski definition) is 2. The number of rotatable bonds is 2. The molecule has 4 aliphatic rings. The Balaban J connectivity index is 1.67. The predicted octanol–water partition coefficient (Wildman–Crippen LogP) is 3.12. The first-order valence-electron chi connectivity index (χ1n) is 9.86. The summed E-state index contributed by atoms with van der Waals surface area (Å²) < 4.78 is 1.06. The van der Waals surface area contributed by atoms with Gasteiger partial charge in [0.2, 0.25) is 0 Å². The van der Waals surface area contributed by atoms with E-state index in [2.05, 4.69) is 13.1 Å². The minimum Gasteiger partial charge on any atom is -0.508 e. The van der Waals surface area contributed by atoms with Gasteiger partial charge in [-0.2, -0.15) is 0 Å². The smallest absolute Gasteiger partial charge is 0.126 e. The SMILES string of the molecule is C[N@+]1(CC2CC2)CC[C@]23CCCCC2(O)C1Cc1ccc(O)cc13. The van der Waals surface area contributed by atoms with E-state index < -0.39 is 5.60 Å². The number of likely N-dealkylation sites (tertiary alicyclic amines) is 1. The first kappa shape index (κ1) is 15.2. The number of likely N-dealkylation sites (N-methyl/N-ethyl adjacent to an activating group) is 1. The Morgan fingerprint density at radius 3 is 2.75 bits per heavy atom. The lowest BCUT2D eigenvalue weighted by atomic mass is 9.49. The summed E-state index contributed by atoms with van der Waals surface area (Å²) in [4.78, 5) is 0. The number of aliphatic hydroxyl groups is 1. The standard InChI is InChI=1S/C21H29NO2/c1-22(14-15-4-5-15)11-10-20-8-2-3-9-21(20,24)19(22)12-16-6-7-17(23)13-18(16)20/h6-7,13,15,19,24H,2-5,8-12,14H2,1H3/p+1/t19?,20-,21?,22+/m0/s1. The van der Waals surface area contributed by atoms with Crippen LogP contribution in [0.2, 0.25) is 0 Å². The topological polar surface area (TPSA) is 40.5 Å². The molecule has 2 bridgehead atoms. The number of phenols is 1. The molecule has 2 N–H and O–H groups in total. The lowest BCUT2D eigenvalue weighted by Crippen LogP contribution is -2.77. The van der Waals surface area contributed by atoms with Gasteiger partial charge in [-0.25, -0.2) is 0 Å². The van der Waals surface area contributed by atoms with Crippen LogP contribution in [0.15, 0.2) is 18.2 Å².